The Morgan fingerprint density at radius 3 is 2.00 bits per heavy atom. The molecule has 0 aliphatic heterocycles. The summed E-state index contributed by atoms with van der Waals surface area (Å²) in [6, 6.07) is 0. The molecule has 0 bridgehead atoms. The van der Waals surface area contributed by atoms with Crippen LogP contribution < -0.4 is 0 Å². The lowest BCUT2D eigenvalue weighted by atomic mass is 10.4. The van der Waals surface area contributed by atoms with Crippen molar-refractivity contribution in [1.82, 2.24) is 0 Å². The number of aliphatic hydroxyl groups excluding tert-OH is 1. The average molecular weight is 232 g/mol. The average Bonchev–Trinajstić information content (AvgIpc) is 1.30. The lowest BCUT2D eigenvalue weighted by Gasteiger charge is -2.09. The van der Waals surface area contributed by atoms with E-state index in [0.29, 0.717) is 0 Å². The van der Waals surface area contributed by atoms with Crippen LogP contribution >= 0.6 is 31.9 Å². The van der Waals surface area contributed by atoms with Gasteiger partial charge in [0.2, 0.25) is 0 Å². The Morgan fingerprint density at radius 1 is 1.57 bits per heavy atom. The highest BCUT2D eigenvalue weighted by molar-refractivity contribution is 9.25. The first kappa shape index (κ1) is 7.92. The second-order valence-electron chi connectivity index (χ2n) is 1.54. The molecule has 0 amide bonds. The number of aliphatic hydroxyl groups is 1. The van der Waals surface area contributed by atoms with Crippen molar-refractivity contribution in [3.63, 3.8) is 0 Å². The second kappa shape index (κ2) is 3.05. The third kappa shape index (κ3) is 6.92. The van der Waals surface area contributed by atoms with Crippen LogP contribution in [0.1, 0.15) is 13.3 Å². The number of alkyl halides is 2. The molecule has 3 heteroatoms. The Morgan fingerprint density at radius 2 is 2.00 bits per heavy atom. The lowest BCUT2D eigenvalue weighted by Crippen LogP contribution is -2.05. The zero-order valence-electron chi connectivity index (χ0n) is 4.12. The molecule has 0 unspecified atom stereocenters. The van der Waals surface area contributed by atoms with Crippen LogP contribution in [0.5, 0.6) is 0 Å². The summed E-state index contributed by atoms with van der Waals surface area (Å²) < 4.78 is -0.0747. The van der Waals surface area contributed by atoms with E-state index in [1.807, 2.05) is 6.92 Å². The van der Waals surface area contributed by atoms with Crippen LogP contribution in [0.3, 0.4) is 0 Å². The molecule has 1 N–H and O–H groups in total. The molecule has 0 aromatic heterocycles. The monoisotopic (exact) mass is 230 g/mol. The molecule has 0 aliphatic rings. The van der Waals surface area contributed by atoms with Crippen molar-refractivity contribution in [2.24, 2.45) is 0 Å². The van der Waals surface area contributed by atoms with Gasteiger partial charge in [-0.05, 0) is 13.3 Å². The van der Waals surface area contributed by atoms with E-state index in [0.717, 1.165) is 6.42 Å². The second-order valence-corrected chi connectivity index (χ2v) is 6.11. The van der Waals surface area contributed by atoms with Crippen LogP contribution in [0.2, 0.25) is 0 Å². The van der Waals surface area contributed by atoms with Gasteiger partial charge < -0.3 is 5.11 Å². The molecule has 0 rings (SSSR count). The fourth-order valence-electron chi connectivity index (χ4n) is 0.196. The summed E-state index contributed by atoms with van der Waals surface area (Å²) in [5.74, 6) is 0. The SMILES string of the molecule is CC(Br)(Br)CCO. The van der Waals surface area contributed by atoms with Gasteiger partial charge in [-0.25, -0.2) is 0 Å². The van der Waals surface area contributed by atoms with Gasteiger partial charge in [-0.3, -0.25) is 0 Å². The predicted octanol–water partition coefficient (Wildman–Crippen LogP) is 1.87. The maximum atomic E-state index is 8.34. The molecular weight excluding hydrogens is 224 g/mol. The molecule has 1 nitrogen and oxygen atoms in total. The zero-order valence-corrected chi connectivity index (χ0v) is 7.29. The largest absolute Gasteiger partial charge is 0.396 e. The molecule has 0 fully saturated rings. The van der Waals surface area contributed by atoms with E-state index in [9.17, 15) is 0 Å². The smallest absolute Gasteiger partial charge is 0.0799 e. The molecule has 0 radical (unpaired) electrons. The van der Waals surface area contributed by atoms with Crippen molar-refractivity contribution >= 4 is 31.9 Å². The van der Waals surface area contributed by atoms with E-state index in [-0.39, 0.29) is 9.84 Å². The highest BCUT2D eigenvalue weighted by Crippen LogP contribution is 2.28. The van der Waals surface area contributed by atoms with Crippen molar-refractivity contribution in [2.75, 3.05) is 6.61 Å². The lowest BCUT2D eigenvalue weighted by molar-refractivity contribution is 0.287. The van der Waals surface area contributed by atoms with E-state index in [4.69, 9.17) is 5.11 Å². The summed E-state index contributed by atoms with van der Waals surface area (Å²) in [5, 5.41) is 8.34. The number of rotatable bonds is 2. The van der Waals surface area contributed by atoms with Gasteiger partial charge in [0, 0.05) is 6.61 Å². The number of hydrogen-bond acceptors (Lipinski definition) is 1. The molecule has 0 aliphatic carbocycles. The van der Waals surface area contributed by atoms with E-state index >= 15 is 0 Å². The molecule has 44 valence electrons. The number of hydrogen-bond donors (Lipinski definition) is 1. The molecule has 0 saturated carbocycles. The maximum Gasteiger partial charge on any atom is 0.0799 e. The minimum atomic E-state index is -0.0747. The Hall–Kier alpha value is 0.920. The summed E-state index contributed by atoms with van der Waals surface area (Å²) in [6.45, 7) is 2.16. The van der Waals surface area contributed by atoms with Gasteiger partial charge in [0.05, 0.1) is 3.23 Å². The minimum Gasteiger partial charge on any atom is -0.396 e. The first-order chi connectivity index (χ1) is 3.06. The summed E-state index contributed by atoms with van der Waals surface area (Å²) in [4.78, 5) is 0. The van der Waals surface area contributed by atoms with E-state index in [1.54, 1.807) is 0 Å². The standard InChI is InChI=1S/C4H8Br2O/c1-4(5,6)2-3-7/h7H,2-3H2,1H3. The van der Waals surface area contributed by atoms with Crippen LogP contribution in [0, 0.1) is 0 Å². The Bertz CT molecular complexity index is 48.1. The normalized spacial score (nSPS) is 12.0. The Kier molecular flexibility index (Phi) is 3.45. The van der Waals surface area contributed by atoms with Crippen molar-refractivity contribution in [1.29, 1.82) is 0 Å². The van der Waals surface area contributed by atoms with E-state index < -0.39 is 0 Å². The topological polar surface area (TPSA) is 20.2 Å². The molecule has 0 atom stereocenters. The van der Waals surface area contributed by atoms with Crippen molar-refractivity contribution in [2.45, 2.75) is 16.6 Å². The third-order valence-corrected chi connectivity index (χ3v) is 1.34. The highest BCUT2D eigenvalue weighted by atomic mass is 79.9. The Labute approximate surface area is 60.4 Å². The first-order valence-corrected chi connectivity index (χ1v) is 3.63. The summed E-state index contributed by atoms with van der Waals surface area (Å²) >= 11 is 6.59. The third-order valence-electron chi connectivity index (χ3n) is 0.551. The molecule has 0 aromatic rings. The van der Waals surface area contributed by atoms with Crippen LogP contribution in [0.15, 0.2) is 0 Å². The Balaban J connectivity index is 3.15. The van der Waals surface area contributed by atoms with E-state index in [1.165, 1.54) is 0 Å². The van der Waals surface area contributed by atoms with Crippen LogP contribution in [0.4, 0.5) is 0 Å². The molecule has 0 saturated heterocycles. The maximum absolute atomic E-state index is 8.34. The van der Waals surface area contributed by atoms with Gasteiger partial charge in [0.25, 0.3) is 0 Å². The van der Waals surface area contributed by atoms with Crippen LogP contribution in [-0.2, 0) is 0 Å². The molecule has 0 heterocycles. The van der Waals surface area contributed by atoms with Gasteiger partial charge in [-0.15, -0.1) is 0 Å². The van der Waals surface area contributed by atoms with Gasteiger partial charge in [-0.2, -0.15) is 0 Å². The van der Waals surface area contributed by atoms with Crippen molar-refractivity contribution in [3.8, 4) is 0 Å². The zero-order chi connectivity index (χ0) is 5.91. The fourth-order valence-corrected chi connectivity index (χ4v) is 0.551. The van der Waals surface area contributed by atoms with Gasteiger partial charge in [0.15, 0.2) is 0 Å². The van der Waals surface area contributed by atoms with Crippen molar-refractivity contribution in [3.05, 3.63) is 0 Å². The van der Waals surface area contributed by atoms with Gasteiger partial charge in [-0.1, -0.05) is 31.9 Å². The molecule has 7 heavy (non-hydrogen) atoms. The summed E-state index contributed by atoms with van der Waals surface area (Å²) in [6.07, 6.45) is 0.729. The van der Waals surface area contributed by atoms with Crippen LogP contribution in [0.25, 0.3) is 0 Å². The molecule has 0 aromatic carbocycles. The van der Waals surface area contributed by atoms with Gasteiger partial charge >= 0.3 is 0 Å². The van der Waals surface area contributed by atoms with Crippen LogP contribution in [-0.4, -0.2) is 14.9 Å². The predicted molar refractivity (Wildman–Crippen MR) is 38.0 cm³/mol. The number of halogens is 2. The molecule has 0 spiro atoms. The first-order valence-electron chi connectivity index (χ1n) is 2.05. The van der Waals surface area contributed by atoms with E-state index in [2.05, 4.69) is 31.9 Å². The van der Waals surface area contributed by atoms with Gasteiger partial charge in [0.1, 0.15) is 0 Å². The summed E-state index contributed by atoms with van der Waals surface area (Å²) in [7, 11) is 0. The fraction of sp³-hybridized carbons (Fsp3) is 1.00. The highest BCUT2D eigenvalue weighted by Gasteiger charge is 2.12. The van der Waals surface area contributed by atoms with Crippen molar-refractivity contribution < 1.29 is 5.11 Å². The summed E-state index contributed by atoms with van der Waals surface area (Å²) in [5.41, 5.74) is 0. The minimum absolute atomic E-state index is 0.0747. The molecular formula is C4H8Br2O. The quantitative estimate of drug-likeness (QED) is 0.720.